The van der Waals surface area contributed by atoms with Gasteiger partial charge in [0.05, 0.1) is 6.04 Å². The average Bonchev–Trinajstić information content (AvgIpc) is 3.08. The normalized spacial score (nSPS) is 12.3. The van der Waals surface area contributed by atoms with E-state index >= 15 is 0 Å². The lowest BCUT2D eigenvalue weighted by Gasteiger charge is -2.12. The summed E-state index contributed by atoms with van der Waals surface area (Å²) in [6, 6.07) is 3.83. The maximum absolute atomic E-state index is 5.17. The number of nitrogens with zero attached hydrogens (tertiary/aromatic N) is 4. The maximum atomic E-state index is 5.17. The number of pyridine rings is 1. The molecule has 0 aliphatic heterocycles. The predicted molar refractivity (Wildman–Crippen MR) is 81.2 cm³/mol. The van der Waals surface area contributed by atoms with Crippen molar-refractivity contribution < 1.29 is 4.52 Å². The van der Waals surface area contributed by atoms with Crippen LogP contribution in [0.5, 0.6) is 0 Å². The minimum absolute atomic E-state index is 0.0934. The quantitative estimate of drug-likeness (QED) is 0.796. The van der Waals surface area contributed by atoms with E-state index in [1.54, 1.807) is 24.5 Å². The summed E-state index contributed by atoms with van der Waals surface area (Å²) in [5, 5.41) is 8.17. The lowest BCUT2D eigenvalue weighted by Crippen LogP contribution is -2.07. The first kappa shape index (κ1) is 13.7. The summed E-state index contributed by atoms with van der Waals surface area (Å²) in [6.45, 7) is 5.90. The van der Waals surface area contributed by atoms with Crippen LogP contribution in [0.4, 0.5) is 5.82 Å². The zero-order valence-corrected chi connectivity index (χ0v) is 12.8. The van der Waals surface area contributed by atoms with Crippen LogP contribution in [0.3, 0.4) is 0 Å². The van der Waals surface area contributed by atoms with Gasteiger partial charge in [-0.2, -0.15) is 4.98 Å². The average molecular weight is 301 g/mol. The lowest BCUT2D eigenvalue weighted by atomic mass is 10.2. The van der Waals surface area contributed by atoms with Gasteiger partial charge in [-0.15, -0.1) is 11.3 Å². The molecule has 108 valence electrons. The van der Waals surface area contributed by atoms with Crippen molar-refractivity contribution in [2.24, 2.45) is 0 Å². The fourth-order valence-electron chi connectivity index (χ4n) is 1.91. The van der Waals surface area contributed by atoms with Crippen LogP contribution in [-0.2, 0) is 0 Å². The third kappa shape index (κ3) is 3.08. The first-order valence-electron chi connectivity index (χ1n) is 6.57. The number of hydrogen-bond donors (Lipinski definition) is 1. The molecule has 3 rings (SSSR count). The van der Waals surface area contributed by atoms with Crippen LogP contribution in [0.15, 0.2) is 29.0 Å². The first-order chi connectivity index (χ1) is 10.1. The van der Waals surface area contributed by atoms with Crippen molar-refractivity contribution in [3.63, 3.8) is 0 Å². The van der Waals surface area contributed by atoms with Gasteiger partial charge in [0.15, 0.2) is 5.82 Å². The van der Waals surface area contributed by atoms with Gasteiger partial charge in [0.1, 0.15) is 10.8 Å². The van der Waals surface area contributed by atoms with Gasteiger partial charge in [-0.3, -0.25) is 0 Å². The molecular formula is C14H15N5OS. The van der Waals surface area contributed by atoms with Crippen molar-refractivity contribution in [3.05, 3.63) is 40.2 Å². The molecule has 3 heterocycles. The molecule has 7 heteroatoms. The monoisotopic (exact) mass is 301 g/mol. The zero-order valence-electron chi connectivity index (χ0n) is 12.0. The number of thiazole rings is 1. The molecule has 0 aromatic carbocycles. The molecule has 0 aliphatic carbocycles. The minimum atomic E-state index is 0.0934. The molecule has 1 atom stereocenters. The van der Waals surface area contributed by atoms with Crippen LogP contribution in [0.1, 0.15) is 28.7 Å². The number of hydrogen-bond acceptors (Lipinski definition) is 7. The van der Waals surface area contributed by atoms with Crippen molar-refractivity contribution in [3.8, 4) is 11.5 Å². The fraction of sp³-hybridized carbons (Fsp3) is 0.286. The van der Waals surface area contributed by atoms with E-state index in [1.807, 2.05) is 25.3 Å². The van der Waals surface area contributed by atoms with Crippen LogP contribution in [0.25, 0.3) is 11.5 Å². The smallest absolute Gasteiger partial charge is 0.258 e. The van der Waals surface area contributed by atoms with Gasteiger partial charge in [-0.25, -0.2) is 9.97 Å². The summed E-state index contributed by atoms with van der Waals surface area (Å²) < 4.78 is 5.17. The van der Waals surface area contributed by atoms with Crippen LogP contribution >= 0.6 is 11.3 Å². The van der Waals surface area contributed by atoms with Crippen LogP contribution in [-0.4, -0.2) is 20.1 Å². The van der Waals surface area contributed by atoms with Gasteiger partial charge in [0.2, 0.25) is 0 Å². The predicted octanol–water partition coefficient (Wildman–Crippen LogP) is 3.38. The molecule has 0 saturated heterocycles. The van der Waals surface area contributed by atoms with Crippen molar-refractivity contribution >= 4 is 17.2 Å². The summed E-state index contributed by atoms with van der Waals surface area (Å²) >= 11 is 1.68. The Labute approximate surface area is 126 Å². The Hall–Kier alpha value is -2.28. The van der Waals surface area contributed by atoms with Gasteiger partial charge in [0.25, 0.3) is 5.89 Å². The Bertz CT molecular complexity index is 751. The number of aryl methyl sites for hydroxylation is 2. The summed E-state index contributed by atoms with van der Waals surface area (Å²) in [5.41, 5.74) is 0.843. The Morgan fingerprint density at radius 3 is 2.81 bits per heavy atom. The molecule has 0 bridgehead atoms. The second-order valence-corrected chi connectivity index (χ2v) is 6.02. The number of rotatable bonds is 4. The molecule has 6 nitrogen and oxygen atoms in total. The summed E-state index contributed by atoms with van der Waals surface area (Å²) in [7, 11) is 0. The highest BCUT2D eigenvalue weighted by molar-refractivity contribution is 7.11. The van der Waals surface area contributed by atoms with Gasteiger partial charge in [0, 0.05) is 22.8 Å². The largest absolute Gasteiger partial charge is 0.361 e. The van der Waals surface area contributed by atoms with Crippen molar-refractivity contribution in [1.29, 1.82) is 0 Å². The van der Waals surface area contributed by atoms with Crippen molar-refractivity contribution in [2.75, 3.05) is 5.32 Å². The van der Waals surface area contributed by atoms with Crippen molar-refractivity contribution in [1.82, 2.24) is 20.1 Å². The molecule has 3 aromatic heterocycles. The third-order valence-electron chi connectivity index (χ3n) is 2.91. The summed E-state index contributed by atoms with van der Waals surface area (Å²) in [5.74, 6) is 1.86. The van der Waals surface area contributed by atoms with E-state index in [1.165, 1.54) is 4.88 Å². The van der Waals surface area contributed by atoms with E-state index in [2.05, 4.69) is 32.3 Å². The molecule has 0 fully saturated rings. The zero-order chi connectivity index (χ0) is 14.8. The van der Waals surface area contributed by atoms with Crippen LogP contribution in [0.2, 0.25) is 0 Å². The molecular weight excluding hydrogens is 286 g/mol. The van der Waals surface area contributed by atoms with Gasteiger partial charge in [-0.05, 0) is 32.9 Å². The highest BCUT2D eigenvalue weighted by Gasteiger charge is 2.12. The SMILES string of the molecule is Cc1noc(-c2ccnc(NC(C)c3ncc(C)s3)c2)n1. The highest BCUT2D eigenvalue weighted by Crippen LogP contribution is 2.24. The lowest BCUT2D eigenvalue weighted by molar-refractivity contribution is 0.425. The van der Waals surface area contributed by atoms with Crippen LogP contribution in [0, 0.1) is 13.8 Å². The van der Waals surface area contributed by atoms with E-state index in [-0.39, 0.29) is 6.04 Å². The molecule has 0 saturated carbocycles. The first-order valence-corrected chi connectivity index (χ1v) is 7.39. The molecule has 0 amide bonds. The maximum Gasteiger partial charge on any atom is 0.258 e. The topological polar surface area (TPSA) is 76.7 Å². The van der Waals surface area contributed by atoms with E-state index in [9.17, 15) is 0 Å². The Kier molecular flexibility index (Phi) is 3.66. The standard InChI is InChI=1S/C14H15N5OS/c1-8-7-16-14(21-8)9(2)17-12-6-11(4-5-15-12)13-18-10(3)19-20-13/h4-7,9H,1-3H3,(H,15,17). The minimum Gasteiger partial charge on any atom is -0.361 e. The van der Waals surface area contributed by atoms with E-state index in [4.69, 9.17) is 4.52 Å². The molecule has 0 spiro atoms. The number of nitrogens with one attached hydrogen (secondary N) is 1. The van der Waals surface area contributed by atoms with E-state index in [0.717, 1.165) is 16.4 Å². The summed E-state index contributed by atoms with van der Waals surface area (Å²) in [6.07, 6.45) is 3.60. The Balaban J connectivity index is 1.80. The van der Waals surface area contributed by atoms with Gasteiger partial charge < -0.3 is 9.84 Å². The van der Waals surface area contributed by atoms with Crippen molar-refractivity contribution in [2.45, 2.75) is 26.8 Å². The fourth-order valence-corrected chi connectivity index (χ4v) is 2.69. The molecule has 0 radical (unpaired) electrons. The second-order valence-electron chi connectivity index (χ2n) is 4.75. The molecule has 21 heavy (non-hydrogen) atoms. The van der Waals surface area contributed by atoms with E-state index in [0.29, 0.717) is 11.7 Å². The van der Waals surface area contributed by atoms with Crippen LogP contribution < -0.4 is 5.32 Å². The Morgan fingerprint density at radius 1 is 1.29 bits per heavy atom. The molecule has 3 aromatic rings. The number of aromatic nitrogens is 4. The summed E-state index contributed by atoms with van der Waals surface area (Å²) in [4.78, 5) is 14.1. The number of anilines is 1. The third-order valence-corrected chi connectivity index (χ3v) is 4.00. The molecule has 1 N–H and O–H groups in total. The second kappa shape index (κ2) is 5.61. The van der Waals surface area contributed by atoms with Gasteiger partial charge in [-0.1, -0.05) is 5.16 Å². The Morgan fingerprint density at radius 2 is 2.14 bits per heavy atom. The molecule has 1 unspecified atom stereocenters. The molecule has 0 aliphatic rings. The highest BCUT2D eigenvalue weighted by atomic mass is 32.1. The van der Waals surface area contributed by atoms with Gasteiger partial charge >= 0.3 is 0 Å². The van der Waals surface area contributed by atoms with E-state index < -0.39 is 0 Å².